The van der Waals surface area contributed by atoms with Crippen LogP contribution in [0.2, 0.25) is 0 Å². The summed E-state index contributed by atoms with van der Waals surface area (Å²) in [6.45, 7) is 0.425. The maximum absolute atomic E-state index is 12.6. The highest BCUT2D eigenvalue weighted by Crippen LogP contribution is 2.28. The van der Waals surface area contributed by atoms with Crippen LogP contribution in [-0.4, -0.2) is 48.2 Å². The third kappa shape index (κ3) is 2.52. The van der Waals surface area contributed by atoms with E-state index in [9.17, 15) is 14.7 Å². The Morgan fingerprint density at radius 1 is 1.33 bits per heavy atom. The predicted octanol–water partition coefficient (Wildman–Crippen LogP) is 2.07. The number of likely N-dealkylation sites (N-methyl/N-ethyl adjacent to an activating group) is 1. The summed E-state index contributed by atoms with van der Waals surface area (Å²) in [7, 11) is 1.64. The molecule has 110 valence electrons. The van der Waals surface area contributed by atoms with Crippen molar-refractivity contribution >= 4 is 33.3 Å². The van der Waals surface area contributed by atoms with Gasteiger partial charge in [-0.15, -0.1) is 11.3 Å². The predicted molar refractivity (Wildman–Crippen MR) is 79.7 cm³/mol. The summed E-state index contributed by atoms with van der Waals surface area (Å²) in [6, 6.07) is 9.22. The molecule has 2 atom stereocenters. The van der Waals surface area contributed by atoms with Gasteiger partial charge >= 0.3 is 5.97 Å². The van der Waals surface area contributed by atoms with E-state index in [0.29, 0.717) is 4.88 Å². The van der Waals surface area contributed by atoms with E-state index in [2.05, 4.69) is 0 Å². The Bertz CT molecular complexity index is 663. The SMILES string of the molecule is CN(C(=O)c1cc2ccccc2s1)C1COCC1C(=O)O. The minimum atomic E-state index is -0.923. The number of carbonyl (C=O) groups is 2. The maximum Gasteiger partial charge on any atom is 0.311 e. The van der Waals surface area contributed by atoms with Gasteiger partial charge in [-0.3, -0.25) is 9.59 Å². The van der Waals surface area contributed by atoms with Crippen LogP contribution >= 0.6 is 11.3 Å². The Labute approximate surface area is 125 Å². The lowest BCUT2D eigenvalue weighted by Gasteiger charge is -2.25. The molecule has 1 saturated heterocycles. The Morgan fingerprint density at radius 2 is 2.10 bits per heavy atom. The molecule has 0 radical (unpaired) electrons. The molecule has 1 aromatic heterocycles. The number of rotatable bonds is 3. The number of ether oxygens (including phenoxy) is 1. The second kappa shape index (κ2) is 5.46. The van der Waals surface area contributed by atoms with Gasteiger partial charge in [0.2, 0.25) is 0 Å². The highest BCUT2D eigenvalue weighted by molar-refractivity contribution is 7.20. The number of nitrogens with zero attached hydrogens (tertiary/aromatic N) is 1. The van der Waals surface area contributed by atoms with E-state index in [0.717, 1.165) is 10.1 Å². The summed E-state index contributed by atoms with van der Waals surface area (Å²) in [5.74, 6) is -1.74. The lowest BCUT2D eigenvalue weighted by molar-refractivity contribution is -0.142. The fourth-order valence-electron chi connectivity index (χ4n) is 2.57. The van der Waals surface area contributed by atoms with Crippen molar-refractivity contribution in [3.63, 3.8) is 0 Å². The Kier molecular flexibility index (Phi) is 3.65. The van der Waals surface area contributed by atoms with E-state index < -0.39 is 17.9 Å². The van der Waals surface area contributed by atoms with Crippen molar-refractivity contribution in [2.75, 3.05) is 20.3 Å². The van der Waals surface area contributed by atoms with Crippen molar-refractivity contribution in [1.29, 1.82) is 0 Å². The van der Waals surface area contributed by atoms with Crippen molar-refractivity contribution in [1.82, 2.24) is 4.90 Å². The second-order valence-electron chi connectivity index (χ2n) is 5.11. The fraction of sp³-hybridized carbons (Fsp3) is 0.333. The quantitative estimate of drug-likeness (QED) is 0.942. The van der Waals surface area contributed by atoms with Gasteiger partial charge in [0, 0.05) is 11.7 Å². The van der Waals surface area contributed by atoms with Crippen molar-refractivity contribution < 1.29 is 19.4 Å². The minimum Gasteiger partial charge on any atom is -0.481 e. The largest absolute Gasteiger partial charge is 0.481 e. The maximum atomic E-state index is 12.6. The van der Waals surface area contributed by atoms with Gasteiger partial charge in [0.1, 0.15) is 5.92 Å². The molecule has 1 aliphatic heterocycles. The van der Waals surface area contributed by atoms with Crippen molar-refractivity contribution in [3.8, 4) is 0 Å². The van der Waals surface area contributed by atoms with Crippen molar-refractivity contribution in [3.05, 3.63) is 35.2 Å². The zero-order chi connectivity index (χ0) is 15.0. The summed E-state index contributed by atoms with van der Waals surface area (Å²) >= 11 is 1.42. The number of fused-ring (bicyclic) bond motifs is 1. The zero-order valence-electron chi connectivity index (χ0n) is 11.5. The number of carbonyl (C=O) groups excluding carboxylic acids is 1. The van der Waals surface area contributed by atoms with Crippen LogP contribution in [0.3, 0.4) is 0 Å². The standard InChI is InChI=1S/C15H15NO4S/c1-16(11-8-20-7-10(11)15(18)19)14(17)13-6-9-4-2-3-5-12(9)21-13/h2-6,10-11H,7-8H2,1H3,(H,18,19). The summed E-state index contributed by atoms with van der Waals surface area (Å²) in [5, 5.41) is 10.2. The first kappa shape index (κ1) is 14.0. The minimum absolute atomic E-state index is 0.155. The Hall–Kier alpha value is -1.92. The number of aliphatic carboxylic acids is 1. The van der Waals surface area contributed by atoms with Crippen molar-refractivity contribution in [2.24, 2.45) is 5.92 Å². The van der Waals surface area contributed by atoms with Gasteiger partial charge in [0.15, 0.2) is 0 Å². The van der Waals surface area contributed by atoms with Crippen LogP contribution < -0.4 is 0 Å². The lowest BCUT2D eigenvalue weighted by Crippen LogP contribution is -2.43. The van der Waals surface area contributed by atoms with Crippen LogP contribution in [0.15, 0.2) is 30.3 Å². The van der Waals surface area contributed by atoms with Gasteiger partial charge in [-0.2, -0.15) is 0 Å². The molecule has 3 rings (SSSR count). The van der Waals surface area contributed by atoms with Crippen LogP contribution in [-0.2, 0) is 9.53 Å². The van der Waals surface area contributed by atoms with Gasteiger partial charge < -0.3 is 14.7 Å². The molecule has 1 aromatic carbocycles. The molecule has 1 amide bonds. The van der Waals surface area contributed by atoms with Crippen LogP contribution in [0, 0.1) is 5.92 Å². The molecule has 1 aliphatic rings. The smallest absolute Gasteiger partial charge is 0.311 e. The van der Waals surface area contributed by atoms with Gasteiger partial charge in [-0.05, 0) is 17.5 Å². The molecular formula is C15H15NO4S. The Morgan fingerprint density at radius 3 is 2.81 bits per heavy atom. The van der Waals surface area contributed by atoms with E-state index in [4.69, 9.17) is 4.74 Å². The monoisotopic (exact) mass is 305 g/mol. The summed E-state index contributed by atoms with van der Waals surface area (Å²) in [6.07, 6.45) is 0. The van der Waals surface area contributed by atoms with Crippen LogP contribution in [0.4, 0.5) is 0 Å². The molecule has 6 heteroatoms. The molecule has 0 saturated carbocycles. The Balaban J connectivity index is 1.85. The molecule has 0 bridgehead atoms. The fourth-order valence-corrected chi connectivity index (χ4v) is 3.62. The molecule has 1 fully saturated rings. The normalized spacial score (nSPS) is 21.6. The number of hydrogen-bond donors (Lipinski definition) is 1. The molecule has 2 unspecified atom stereocenters. The number of amides is 1. The molecule has 5 nitrogen and oxygen atoms in total. The molecule has 0 aliphatic carbocycles. The summed E-state index contributed by atoms with van der Waals surface area (Å²) < 4.78 is 6.27. The highest BCUT2D eigenvalue weighted by atomic mass is 32.1. The second-order valence-corrected chi connectivity index (χ2v) is 6.20. The number of thiophene rings is 1. The number of hydrogen-bond acceptors (Lipinski definition) is 4. The van der Waals surface area contributed by atoms with Gasteiger partial charge in [0.05, 0.1) is 24.1 Å². The molecule has 21 heavy (non-hydrogen) atoms. The zero-order valence-corrected chi connectivity index (χ0v) is 12.3. The van der Waals surface area contributed by atoms with Crippen LogP contribution in [0.1, 0.15) is 9.67 Å². The van der Waals surface area contributed by atoms with Gasteiger partial charge in [-0.25, -0.2) is 0 Å². The summed E-state index contributed by atoms with van der Waals surface area (Å²) in [5.41, 5.74) is 0. The van der Waals surface area contributed by atoms with Crippen LogP contribution in [0.25, 0.3) is 10.1 Å². The molecule has 2 aromatic rings. The number of benzene rings is 1. The third-order valence-electron chi connectivity index (χ3n) is 3.82. The van der Waals surface area contributed by atoms with E-state index in [1.54, 1.807) is 7.05 Å². The van der Waals surface area contributed by atoms with E-state index >= 15 is 0 Å². The molecule has 1 N–H and O–H groups in total. The lowest BCUT2D eigenvalue weighted by atomic mass is 10.0. The van der Waals surface area contributed by atoms with Gasteiger partial charge in [-0.1, -0.05) is 18.2 Å². The van der Waals surface area contributed by atoms with Crippen LogP contribution in [0.5, 0.6) is 0 Å². The molecule has 0 spiro atoms. The topological polar surface area (TPSA) is 66.8 Å². The average molecular weight is 305 g/mol. The third-order valence-corrected chi connectivity index (χ3v) is 4.93. The summed E-state index contributed by atoms with van der Waals surface area (Å²) in [4.78, 5) is 25.9. The molecular weight excluding hydrogens is 290 g/mol. The van der Waals surface area contributed by atoms with E-state index in [1.807, 2.05) is 30.3 Å². The highest BCUT2D eigenvalue weighted by Gasteiger charge is 2.38. The molecule has 2 heterocycles. The number of carboxylic acid groups (broad SMARTS) is 1. The van der Waals surface area contributed by atoms with Crippen molar-refractivity contribution in [2.45, 2.75) is 6.04 Å². The first-order valence-corrected chi connectivity index (χ1v) is 7.46. The van der Waals surface area contributed by atoms with E-state index in [1.165, 1.54) is 16.2 Å². The van der Waals surface area contributed by atoms with Gasteiger partial charge in [0.25, 0.3) is 5.91 Å². The number of carboxylic acids is 1. The first-order chi connectivity index (χ1) is 10.1. The average Bonchev–Trinajstić information content (AvgIpc) is 3.11. The van der Waals surface area contributed by atoms with E-state index in [-0.39, 0.29) is 19.1 Å². The first-order valence-electron chi connectivity index (χ1n) is 6.64.